The van der Waals surface area contributed by atoms with Gasteiger partial charge in [-0.1, -0.05) is 5.16 Å². The molecular weight excluding hydrogens is 476 g/mol. The second-order valence-electron chi connectivity index (χ2n) is 7.50. The molecule has 0 unspecified atom stereocenters. The van der Waals surface area contributed by atoms with Crippen molar-refractivity contribution in [3.63, 3.8) is 0 Å². The first-order chi connectivity index (χ1) is 15.9. The Bertz CT molecular complexity index is 1220. The molecule has 15 nitrogen and oxygen atoms in total. The SMILES string of the molecule is CC1(C)[C@H](NC(=O)/C(=N\OCc2cc(=O)c(O)cn2O)c2csc(N)n2)C(=O)N1OCC(=O)O. The predicted molar refractivity (Wildman–Crippen MR) is 114 cm³/mol. The van der Waals surface area contributed by atoms with E-state index >= 15 is 0 Å². The van der Waals surface area contributed by atoms with Gasteiger partial charge in [0.2, 0.25) is 5.43 Å². The van der Waals surface area contributed by atoms with Gasteiger partial charge < -0.3 is 31.3 Å². The number of pyridine rings is 1. The third kappa shape index (κ3) is 4.91. The van der Waals surface area contributed by atoms with Crippen LogP contribution in [-0.2, 0) is 30.7 Å². The van der Waals surface area contributed by atoms with Crippen LogP contribution < -0.4 is 16.5 Å². The summed E-state index contributed by atoms with van der Waals surface area (Å²) in [5.41, 5.74) is 3.39. The average Bonchev–Trinajstić information content (AvgIpc) is 3.18. The molecule has 0 spiro atoms. The Morgan fingerprint density at radius 3 is 2.68 bits per heavy atom. The van der Waals surface area contributed by atoms with E-state index in [0.717, 1.165) is 28.7 Å². The lowest BCUT2D eigenvalue weighted by molar-refractivity contribution is -0.257. The maximum atomic E-state index is 12.9. The number of amides is 2. The molecule has 1 aliphatic rings. The van der Waals surface area contributed by atoms with Crippen LogP contribution in [0.25, 0.3) is 0 Å². The minimum Gasteiger partial charge on any atom is -0.503 e. The number of anilines is 1. The van der Waals surface area contributed by atoms with E-state index < -0.39 is 53.8 Å². The van der Waals surface area contributed by atoms with Crippen LogP contribution in [0.1, 0.15) is 25.2 Å². The first-order valence-corrected chi connectivity index (χ1v) is 10.3. The Hall–Kier alpha value is -4.18. The second-order valence-corrected chi connectivity index (χ2v) is 8.39. The number of thiazole rings is 1. The fraction of sp³-hybridized carbons (Fsp3) is 0.333. The molecule has 0 bridgehead atoms. The van der Waals surface area contributed by atoms with Gasteiger partial charge in [0.25, 0.3) is 11.8 Å². The number of nitrogens with two attached hydrogens (primary N) is 1. The zero-order valence-electron chi connectivity index (χ0n) is 17.8. The third-order valence-electron chi connectivity index (χ3n) is 4.71. The molecule has 0 saturated carbocycles. The maximum Gasteiger partial charge on any atom is 0.332 e. The highest BCUT2D eigenvalue weighted by Gasteiger charge is 2.56. The average molecular weight is 496 g/mol. The topological polar surface area (TPSA) is 219 Å². The molecule has 2 aromatic rings. The lowest BCUT2D eigenvalue weighted by atomic mass is 9.84. The minimum atomic E-state index is -1.27. The van der Waals surface area contributed by atoms with E-state index in [1.807, 2.05) is 0 Å². The summed E-state index contributed by atoms with van der Waals surface area (Å²) in [6.07, 6.45) is 0.766. The summed E-state index contributed by atoms with van der Waals surface area (Å²) >= 11 is 1.02. The Morgan fingerprint density at radius 2 is 2.09 bits per heavy atom. The Morgan fingerprint density at radius 1 is 1.38 bits per heavy atom. The number of carbonyl (C=O) groups excluding carboxylic acids is 2. The molecule has 0 radical (unpaired) electrons. The van der Waals surface area contributed by atoms with Crippen LogP contribution in [0, 0.1) is 0 Å². The molecule has 2 amide bonds. The van der Waals surface area contributed by atoms with Gasteiger partial charge in [-0.25, -0.2) is 14.8 Å². The molecule has 182 valence electrons. The molecule has 34 heavy (non-hydrogen) atoms. The van der Waals surface area contributed by atoms with Gasteiger partial charge >= 0.3 is 5.97 Å². The van der Waals surface area contributed by atoms with Crippen molar-refractivity contribution in [3.05, 3.63) is 39.3 Å². The molecule has 3 rings (SSSR count). The van der Waals surface area contributed by atoms with Crippen LogP contribution in [0.2, 0.25) is 0 Å². The first-order valence-electron chi connectivity index (χ1n) is 9.46. The number of hydrogen-bond acceptors (Lipinski definition) is 12. The Balaban J connectivity index is 1.77. The van der Waals surface area contributed by atoms with Crippen molar-refractivity contribution in [1.82, 2.24) is 20.1 Å². The van der Waals surface area contributed by atoms with Gasteiger partial charge in [-0.15, -0.1) is 11.3 Å². The van der Waals surface area contributed by atoms with Gasteiger partial charge in [0.15, 0.2) is 29.8 Å². The van der Waals surface area contributed by atoms with Gasteiger partial charge in [0.05, 0.1) is 11.7 Å². The number of nitrogens with one attached hydrogen (secondary N) is 1. The van der Waals surface area contributed by atoms with E-state index in [1.54, 1.807) is 13.8 Å². The summed E-state index contributed by atoms with van der Waals surface area (Å²) in [5, 5.41) is 36.4. The van der Waals surface area contributed by atoms with Crippen LogP contribution >= 0.6 is 11.3 Å². The van der Waals surface area contributed by atoms with Gasteiger partial charge in [-0.3, -0.25) is 19.2 Å². The van der Waals surface area contributed by atoms with Gasteiger partial charge in [-0.2, -0.15) is 4.73 Å². The summed E-state index contributed by atoms with van der Waals surface area (Å²) in [7, 11) is 0. The van der Waals surface area contributed by atoms with Crippen LogP contribution in [0.5, 0.6) is 5.75 Å². The lowest BCUT2D eigenvalue weighted by Crippen LogP contribution is -2.76. The van der Waals surface area contributed by atoms with E-state index in [1.165, 1.54) is 5.38 Å². The molecule has 0 aromatic carbocycles. The molecule has 1 saturated heterocycles. The molecule has 6 N–H and O–H groups in total. The third-order valence-corrected chi connectivity index (χ3v) is 5.38. The molecular formula is C18H20N6O9S. The van der Waals surface area contributed by atoms with E-state index in [-0.39, 0.29) is 22.2 Å². The number of aromatic hydroxyl groups is 1. The van der Waals surface area contributed by atoms with Crippen molar-refractivity contribution >= 4 is 40.0 Å². The normalized spacial score (nSPS) is 17.2. The molecule has 1 fully saturated rings. The highest BCUT2D eigenvalue weighted by atomic mass is 32.1. The first kappa shape index (κ1) is 24.5. The van der Waals surface area contributed by atoms with Gasteiger partial charge in [0.1, 0.15) is 17.4 Å². The van der Waals surface area contributed by atoms with Crippen molar-refractivity contribution in [2.75, 3.05) is 12.3 Å². The number of β-lactam (4-membered cyclic amide) rings is 1. The number of nitrogens with zero attached hydrogens (tertiary/aromatic N) is 4. The van der Waals surface area contributed by atoms with E-state index in [9.17, 15) is 29.5 Å². The fourth-order valence-corrected chi connectivity index (χ4v) is 3.52. The zero-order chi connectivity index (χ0) is 25.2. The van der Waals surface area contributed by atoms with Crippen molar-refractivity contribution in [2.45, 2.75) is 32.0 Å². The van der Waals surface area contributed by atoms with Crippen LogP contribution in [0.3, 0.4) is 0 Å². The summed E-state index contributed by atoms with van der Waals surface area (Å²) in [6.45, 7) is 1.91. The number of hydrogen-bond donors (Lipinski definition) is 5. The largest absolute Gasteiger partial charge is 0.503 e. The summed E-state index contributed by atoms with van der Waals surface area (Å²) in [6, 6.07) is -0.165. The number of carboxylic acids is 1. The predicted octanol–water partition coefficient (Wildman–Crippen LogP) is -1.13. The van der Waals surface area contributed by atoms with Crippen LogP contribution in [-0.4, -0.2) is 71.9 Å². The quantitative estimate of drug-likeness (QED) is 0.121. The number of oxime groups is 1. The minimum absolute atomic E-state index is 0.0376. The number of aliphatic carboxylic acids is 1. The van der Waals surface area contributed by atoms with Crippen LogP contribution in [0.15, 0.2) is 27.6 Å². The number of rotatable bonds is 9. The van der Waals surface area contributed by atoms with Crippen molar-refractivity contribution < 1.29 is 39.5 Å². The maximum absolute atomic E-state index is 12.9. The zero-order valence-corrected chi connectivity index (χ0v) is 18.6. The summed E-state index contributed by atoms with van der Waals surface area (Å²) in [5.74, 6) is -3.49. The lowest BCUT2D eigenvalue weighted by Gasteiger charge is -2.51. The van der Waals surface area contributed by atoms with Crippen LogP contribution in [0.4, 0.5) is 5.13 Å². The van der Waals surface area contributed by atoms with Gasteiger partial charge in [-0.05, 0) is 13.8 Å². The number of carbonyl (C=O) groups is 3. The molecule has 1 aliphatic heterocycles. The molecule has 0 aliphatic carbocycles. The van der Waals surface area contributed by atoms with Gasteiger partial charge in [0, 0.05) is 11.4 Å². The van der Waals surface area contributed by atoms with E-state index in [2.05, 4.69) is 15.5 Å². The number of carboxylic acid groups (broad SMARTS) is 1. The molecule has 16 heteroatoms. The monoisotopic (exact) mass is 496 g/mol. The smallest absolute Gasteiger partial charge is 0.332 e. The fourth-order valence-electron chi connectivity index (χ4n) is 2.97. The van der Waals surface area contributed by atoms with E-state index in [4.69, 9.17) is 20.5 Å². The number of aromatic nitrogens is 2. The Labute approximate surface area is 194 Å². The highest BCUT2D eigenvalue weighted by Crippen LogP contribution is 2.32. The molecule has 3 heterocycles. The van der Waals surface area contributed by atoms with Crippen molar-refractivity contribution in [2.24, 2.45) is 5.16 Å². The van der Waals surface area contributed by atoms with Crippen molar-refractivity contribution in [3.8, 4) is 5.75 Å². The molecule has 2 aromatic heterocycles. The van der Waals surface area contributed by atoms with Crippen molar-refractivity contribution in [1.29, 1.82) is 0 Å². The van der Waals surface area contributed by atoms with E-state index in [0.29, 0.717) is 4.73 Å². The highest BCUT2D eigenvalue weighted by molar-refractivity contribution is 7.13. The number of nitrogen functional groups attached to an aromatic ring is 1. The standard InChI is InChI=1S/C18H20N6O9S/c1-18(2)14(16(30)24(18)33-6-12(27)28)21-15(29)13(9-7-34-17(19)20-9)22-32-5-8-3-10(25)11(26)4-23(8)31/h3-4,7,14,26,31H,5-6H2,1-2H3,(H2,19,20)(H,21,29)(H,27,28)/b22-13-/t14-/m1/s1. The Kier molecular flexibility index (Phi) is 6.73. The number of hydroxylamine groups is 2. The summed E-state index contributed by atoms with van der Waals surface area (Å²) in [4.78, 5) is 61.6. The molecule has 1 atom stereocenters. The summed E-state index contributed by atoms with van der Waals surface area (Å²) < 4.78 is 0.452. The second kappa shape index (κ2) is 9.36.